The number of rotatable bonds is 21. The molecule has 3 aliphatic rings. The van der Waals surface area contributed by atoms with Crippen LogP contribution in [0.2, 0.25) is 0 Å². The van der Waals surface area contributed by atoms with E-state index < -0.39 is 22.1 Å². The molecule has 3 saturated carbocycles. The second kappa shape index (κ2) is 30.2. The van der Waals surface area contributed by atoms with Crippen molar-refractivity contribution in [1.82, 2.24) is 0 Å². The fraction of sp³-hybridized carbons (Fsp3) is 1.00. The Labute approximate surface area is 334 Å². The molecule has 1 radical (unpaired) electrons. The van der Waals surface area contributed by atoms with Gasteiger partial charge in [-0.15, -0.1) is 0 Å². The molecule has 3 aliphatic carbocycles. The zero-order valence-corrected chi connectivity index (χ0v) is 38.6. The van der Waals surface area contributed by atoms with Gasteiger partial charge in [-0.25, -0.2) is 0 Å². The van der Waals surface area contributed by atoms with Crippen molar-refractivity contribution >= 4 is 22.1 Å². The van der Waals surface area contributed by atoms with Crippen LogP contribution in [0.15, 0.2) is 0 Å². The molecule has 3 rings (SSSR count). The summed E-state index contributed by atoms with van der Waals surface area (Å²) in [6, 6.07) is 0. The average Bonchev–Trinajstić information content (AvgIpc) is 3.15. The summed E-state index contributed by atoms with van der Waals surface area (Å²) in [7, 11) is -9.39. The van der Waals surface area contributed by atoms with Crippen molar-refractivity contribution in [3.63, 3.8) is 0 Å². The summed E-state index contributed by atoms with van der Waals surface area (Å²) in [5.74, 6) is 1.21. The van der Waals surface area contributed by atoms with Gasteiger partial charge in [0, 0.05) is 22.1 Å². The van der Waals surface area contributed by atoms with Crippen LogP contribution < -0.4 is 14.7 Å². The third-order valence-electron chi connectivity index (χ3n) is 12.6. The summed E-state index contributed by atoms with van der Waals surface area (Å²) in [4.78, 5) is 37.0. The molecular weight excluding hydrogens is 749 g/mol. The van der Waals surface area contributed by atoms with Crippen LogP contribution in [0.3, 0.4) is 0 Å². The van der Waals surface area contributed by atoms with Gasteiger partial charge in [0.25, 0.3) is 0 Å². The van der Waals surface area contributed by atoms with Gasteiger partial charge in [0.1, 0.15) is 0 Å². The maximum atomic E-state index is 12.3. The molecule has 0 aromatic rings. The van der Waals surface area contributed by atoms with Crippen LogP contribution in [0.1, 0.15) is 215 Å². The SMILES string of the molecule is CCCCC(CC)CP(=O)([O-])C1CCCCC1.CCCCC(CC)CP(=O)([O-])C1CCCCC1.CCCCC(CC)CP(=O)([O-])C1CCCCC1.[Fe+3]. The van der Waals surface area contributed by atoms with E-state index >= 15 is 0 Å². The van der Waals surface area contributed by atoms with Crippen LogP contribution in [0.5, 0.6) is 0 Å². The number of unbranched alkanes of at least 4 members (excludes halogenated alkanes) is 3. The van der Waals surface area contributed by atoms with E-state index in [9.17, 15) is 28.4 Å². The van der Waals surface area contributed by atoms with Crippen LogP contribution in [0.4, 0.5) is 0 Å². The molecule has 6 unspecified atom stereocenters. The number of hydrogen-bond donors (Lipinski definition) is 0. The number of hydrogen-bond acceptors (Lipinski definition) is 6. The van der Waals surface area contributed by atoms with Gasteiger partial charge in [-0.1, -0.05) is 176 Å². The first-order valence-electron chi connectivity index (χ1n) is 22.2. The Morgan fingerprint density at radius 1 is 0.423 bits per heavy atom. The smallest absolute Gasteiger partial charge is 0.799 e. The molecule has 0 N–H and O–H groups in total. The Morgan fingerprint density at radius 2 is 0.635 bits per heavy atom. The molecule has 0 spiro atoms. The Bertz CT molecular complexity index is 871. The van der Waals surface area contributed by atoms with Gasteiger partial charge < -0.3 is 28.4 Å². The van der Waals surface area contributed by atoms with E-state index in [2.05, 4.69) is 41.5 Å². The van der Waals surface area contributed by atoms with Gasteiger partial charge in [-0.05, 0) is 91.7 Å². The summed E-state index contributed by atoms with van der Waals surface area (Å²) < 4.78 is 37.0. The molecule has 0 bridgehead atoms. The minimum atomic E-state index is -3.13. The largest absolute Gasteiger partial charge is 3.00 e. The van der Waals surface area contributed by atoms with Crippen LogP contribution >= 0.6 is 22.1 Å². The fourth-order valence-electron chi connectivity index (χ4n) is 8.70. The Morgan fingerprint density at radius 3 is 0.808 bits per heavy atom. The molecule has 0 saturated heterocycles. The van der Waals surface area contributed by atoms with Crippen molar-refractivity contribution in [3.8, 4) is 0 Å². The van der Waals surface area contributed by atoms with Crippen molar-refractivity contribution in [2.45, 2.75) is 232 Å². The minimum Gasteiger partial charge on any atom is -0.799 e. The van der Waals surface area contributed by atoms with Crippen molar-refractivity contribution in [1.29, 1.82) is 0 Å². The van der Waals surface area contributed by atoms with Gasteiger partial charge in [0.2, 0.25) is 0 Å². The first-order valence-corrected chi connectivity index (χ1v) is 27.8. The second-order valence-corrected chi connectivity index (χ2v) is 24.5. The summed E-state index contributed by atoms with van der Waals surface area (Å²) in [6.07, 6.45) is 30.6. The molecule has 3 fully saturated rings. The maximum absolute atomic E-state index is 12.3. The van der Waals surface area contributed by atoms with E-state index in [1.54, 1.807) is 0 Å². The fourth-order valence-corrected chi connectivity index (χ4v) is 16.5. The van der Waals surface area contributed by atoms with E-state index in [0.29, 0.717) is 36.2 Å². The standard InChI is InChI=1S/3C14H29O2P.Fe/c3*1-3-5-9-13(4-2)12-17(15,16)14-10-7-6-8-11-14;/h3*13-14H,3-12H2,1-2H3,(H,15,16);/q;;;+3/p-3. The van der Waals surface area contributed by atoms with Crippen LogP contribution in [0, 0.1) is 17.8 Å². The maximum Gasteiger partial charge on any atom is 3.00 e. The Hall–Kier alpha value is 1.09. The van der Waals surface area contributed by atoms with Gasteiger partial charge in [-0.3, -0.25) is 0 Å². The molecular formula is C42H84FeO6P3. The Balaban J connectivity index is 0.000000743. The first kappa shape index (κ1) is 53.1. The molecule has 6 atom stereocenters. The molecule has 0 aromatic heterocycles. The Kier molecular flexibility index (Phi) is 30.8. The van der Waals surface area contributed by atoms with Crippen molar-refractivity contribution in [2.24, 2.45) is 17.8 Å². The van der Waals surface area contributed by atoms with Gasteiger partial charge >= 0.3 is 17.1 Å². The van der Waals surface area contributed by atoms with E-state index in [1.165, 1.54) is 57.8 Å². The second-order valence-electron chi connectivity index (χ2n) is 16.9. The molecule has 0 aromatic carbocycles. The quantitative estimate of drug-likeness (QED) is 0.0839. The average molecular weight is 834 g/mol. The summed E-state index contributed by atoms with van der Waals surface area (Å²) in [5.41, 5.74) is 0.0192. The van der Waals surface area contributed by atoms with E-state index in [-0.39, 0.29) is 34.0 Å². The van der Waals surface area contributed by atoms with E-state index in [1.807, 2.05) is 0 Å². The third kappa shape index (κ3) is 22.1. The molecule has 311 valence electrons. The van der Waals surface area contributed by atoms with E-state index in [0.717, 1.165) is 116 Å². The predicted molar refractivity (Wildman–Crippen MR) is 218 cm³/mol. The molecule has 0 aliphatic heterocycles. The molecule has 10 heteroatoms. The first-order chi connectivity index (χ1) is 24.3. The van der Waals surface area contributed by atoms with Crippen LogP contribution in [-0.2, 0) is 30.8 Å². The molecule has 0 heterocycles. The van der Waals surface area contributed by atoms with Crippen molar-refractivity contribution in [3.05, 3.63) is 0 Å². The summed E-state index contributed by atoms with van der Waals surface area (Å²) in [5, 5.41) is 0. The van der Waals surface area contributed by atoms with Crippen LogP contribution in [0.25, 0.3) is 0 Å². The van der Waals surface area contributed by atoms with E-state index in [4.69, 9.17) is 0 Å². The summed E-state index contributed by atoms with van der Waals surface area (Å²) in [6.45, 7) is 12.9. The third-order valence-corrected chi connectivity index (χ3v) is 20.5. The molecule has 6 nitrogen and oxygen atoms in total. The van der Waals surface area contributed by atoms with Crippen LogP contribution in [-0.4, -0.2) is 35.5 Å². The van der Waals surface area contributed by atoms with Crippen molar-refractivity contribution in [2.75, 3.05) is 18.5 Å². The zero-order chi connectivity index (χ0) is 38.2. The van der Waals surface area contributed by atoms with Gasteiger partial charge in [0.15, 0.2) is 0 Å². The summed E-state index contributed by atoms with van der Waals surface area (Å²) >= 11 is 0. The zero-order valence-electron chi connectivity index (χ0n) is 34.8. The normalized spacial score (nSPS) is 22.8. The molecule has 0 amide bonds. The van der Waals surface area contributed by atoms with Gasteiger partial charge in [-0.2, -0.15) is 0 Å². The minimum absolute atomic E-state index is 0. The van der Waals surface area contributed by atoms with Gasteiger partial charge in [0.05, 0.1) is 0 Å². The topological polar surface area (TPSA) is 120 Å². The monoisotopic (exact) mass is 833 g/mol. The molecule has 52 heavy (non-hydrogen) atoms. The van der Waals surface area contributed by atoms with Crippen molar-refractivity contribution < 1.29 is 45.4 Å². The predicted octanol–water partition coefficient (Wildman–Crippen LogP) is 12.5.